The summed E-state index contributed by atoms with van der Waals surface area (Å²) in [5.74, 6) is 0.687. The van der Waals surface area contributed by atoms with Crippen LogP contribution in [0.5, 0.6) is 0 Å². The minimum Gasteiger partial charge on any atom is -0.357 e. The van der Waals surface area contributed by atoms with Crippen LogP contribution in [0.15, 0.2) is 12.3 Å². The van der Waals surface area contributed by atoms with E-state index in [1.807, 2.05) is 13.8 Å². The number of hydrogen-bond acceptors (Lipinski definition) is 4. The molecule has 0 atom stereocenters. The van der Waals surface area contributed by atoms with Crippen molar-refractivity contribution in [2.24, 2.45) is 5.73 Å². The normalized spacial score (nSPS) is 10.7. The zero-order chi connectivity index (χ0) is 11.5. The van der Waals surface area contributed by atoms with E-state index in [1.54, 1.807) is 6.20 Å². The standard InChI is InChI=1S/C11H15N5/c1-7-5-8(2)14-11(7)9-6-13-10(3-4-12)16-15-9/h5-6,14H,3-4,12H2,1-2H3. The predicted molar refractivity (Wildman–Crippen MR) is 61.8 cm³/mol. The van der Waals surface area contributed by atoms with E-state index in [1.165, 1.54) is 0 Å². The Labute approximate surface area is 94.1 Å². The van der Waals surface area contributed by atoms with Gasteiger partial charge in [0.1, 0.15) is 5.69 Å². The summed E-state index contributed by atoms with van der Waals surface area (Å²) in [7, 11) is 0. The largest absolute Gasteiger partial charge is 0.357 e. The van der Waals surface area contributed by atoms with Crippen molar-refractivity contribution in [1.82, 2.24) is 20.2 Å². The van der Waals surface area contributed by atoms with Gasteiger partial charge in [-0.25, -0.2) is 4.98 Å². The molecular formula is C11H15N5. The molecule has 3 N–H and O–H groups in total. The lowest BCUT2D eigenvalue weighted by Gasteiger charge is -2.00. The van der Waals surface area contributed by atoms with E-state index in [4.69, 9.17) is 5.73 Å². The van der Waals surface area contributed by atoms with Crippen molar-refractivity contribution in [2.45, 2.75) is 20.3 Å². The quantitative estimate of drug-likeness (QED) is 0.803. The Morgan fingerprint density at radius 1 is 1.31 bits per heavy atom. The van der Waals surface area contributed by atoms with Gasteiger partial charge in [-0.05, 0) is 32.0 Å². The molecule has 0 fully saturated rings. The molecule has 5 nitrogen and oxygen atoms in total. The van der Waals surface area contributed by atoms with Crippen LogP contribution in [-0.2, 0) is 6.42 Å². The van der Waals surface area contributed by atoms with Crippen LogP contribution in [0.25, 0.3) is 11.4 Å². The number of rotatable bonds is 3. The van der Waals surface area contributed by atoms with E-state index in [9.17, 15) is 0 Å². The first kappa shape index (κ1) is 10.8. The number of H-pyrrole nitrogens is 1. The van der Waals surface area contributed by atoms with Crippen LogP contribution in [-0.4, -0.2) is 26.7 Å². The highest BCUT2D eigenvalue weighted by molar-refractivity contribution is 5.58. The first-order valence-corrected chi connectivity index (χ1v) is 5.26. The van der Waals surface area contributed by atoms with E-state index in [0.29, 0.717) is 18.8 Å². The second kappa shape index (κ2) is 4.40. The van der Waals surface area contributed by atoms with Gasteiger partial charge in [-0.2, -0.15) is 0 Å². The van der Waals surface area contributed by atoms with Gasteiger partial charge in [0.15, 0.2) is 5.82 Å². The van der Waals surface area contributed by atoms with Crippen LogP contribution in [0.2, 0.25) is 0 Å². The van der Waals surface area contributed by atoms with Crippen LogP contribution in [0.3, 0.4) is 0 Å². The third-order valence-electron chi connectivity index (χ3n) is 2.38. The molecule has 0 bridgehead atoms. The first-order chi connectivity index (χ1) is 7.70. The molecule has 2 aromatic rings. The molecule has 0 aliphatic rings. The van der Waals surface area contributed by atoms with Crippen LogP contribution >= 0.6 is 0 Å². The monoisotopic (exact) mass is 217 g/mol. The Kier molecular flexibility index (Phi) is 2.96. The van der Waals surface area contributed by atoms with Crippen molar-refractivity contribution < 1.29 is 0 Å². The second-order valence-electron chi connectivity index (χ2n) is 3.81. The second-order valence-corrected chi connectivity index (χ2v) is 3.81. The fourth-order valence-electron chi connectivity index (χ4n) is 1.65. The molecule has 0 unspecified atom stereocenters. The topological polar surface area (TPSA) is 80.5 Å². The average Bonchev–Trinajstić information content (AvgIpc) is 2.59. The molecule has 84 valence electrons. The number of hydrogen-bond donors (Lipinski definition) is 2. The summed E-state index contributed by atoms with van der Waals surface area (Å²) < 4.78 is 0. The van der Waals surface area contributed by atoms with E-state index >= 15 is 0 Å². The number of aryl methyl sites for hydroxylation is 2. The number of aromatic nitrogens is 4. The van der Waals surface area contributed by atoms with Gasteiger partial charge < -0.3 is 10.7 Å². The summed E-state index contributed by atoms with van der Waals surface area (Å²) in [6, 6.07) is 2.07. The zero-order valence-corrected chi connectivity index (χ0v) is 9.49. The maximum absolute atomic E-state index is 5.42. The van der Waals surface area contributed by atoms with Crippen LogP contribution in [0.1, 0.15) is 17.1 Å². The van der Waals surface area contributed by atoms with Gasteiger partial charge >= 0.3 is 0 Å². The summed E-state index contributed by atoms with van der Waals surface area (Å²) in [6.07, 6.45) is 2.40. The molecule has 0 saturated carbocycles. The van der Waals surface area contributed by atoms with Gasteiger partial charge in [-0.15, -0.1) is 10.2 Å². The Balaban J connectivity index is 2.31. The molecule has 0 aliphatic heterocycles. The zero-order valence-electron chi connectivity index (χ0n) is 9.49. The molecule has 2 aromatic heterocycles. The lowest BCUT2D eigenvalue weighted by molar-refractivity contribution is 0.811. The van der Waals surface area contributed by atoms with E-state index in [-0.39, 0.29) is 0 Å². The highest BCUT2D eigenvalue weighted by Crippen LogP contribution is 2.19. The van der Waals surface area contributed by atoms with Gasteiger partial charge in [0.05, 0.1) is 11.9 Å². The summed E-state index contributed by atoms with van der Waals surface area (Å²) >= 11 is 0. The third-order valence-corrected chi connectivity index (χ3v) is 2.38. The predicted octanol–water partition coefficient (Wildman–Crippen LogP) is 0.985. The van der Waals surface area contributed by atoms with Crippen molar-refractivity contribution >= 4 is 0 Å². The molecule has 0 aliphatic carbocycles. The Morgan fingerprint density at radius 2 is 2.12 bits per heavy atom. The Hall–Kier alpha value is -1.75. The minimum atomic E-state index is 0.543. The van der Waals surface area contributed by atoms with E-state index < -0.39 is 0 Å². The summed E-state index contributed by atoms with van der Waals surface area (Å²) in [4.78, 5) is 7.47. The SMILES string of the molecule is Cc1cc(C)c(-c2cnc(CCN)nn2)[nH]1. The van der Waals surface area contributed by atoms with Crippen molar-refractivity contribution in [3.63, 3.8) is 0 Å². The molecule has 2 rings (SSSR count). The molecule has 0 radical (unpaired) electrons. The number of nitrogens with one attached hydrogen (secondary N) is 1. The van der Waals surface area contributed by atoms with Crippen molar-refractivity contribution in [3.05, 3.63) is 29.3 Å². The lowest BCUT2D eigenvalue weighted by Crippen LogP contribution is -2.07. The summed E-state index contributed by atoms with van der Waals surface area (Å²) in [6.45, 7) is 4.59. The maximum atomic E-state index is 5.42. The molecule has 0 amide bonds. The van der Waals surface area contributed by atoms with Crippen LogP contribution < -0.4 is 5.73 Å². The number of nitrogens with two attached hydrogens (primary N) is 1. The average molecular weight is 217 g/mol. The molecule has 0 spiro atoms. The lowest BCUT2D eigenvalue weighted by atomic mass is 10.2. The molecule has 0 aromatic carbocycles. The minimum absolute atomic E-state index is 0.543. The Morgan fingerprint density at radius 3 is 2.62 bits per heavy atom. The van der Waals surface area contributed by atoms with Crippen LogP contribution in [0, 0.1) is 13.8 Å². The van der Waals surface area contributed by atoms with Crippen LogP contribution in [0.4, 0.5) is 0 Å². The van der Waals surface area contributed by atoms with Gasteiger partial charge in [0, 0.05) is 12.1 Å². The number of aromatic amines is 1. The number of nitrogens with zero attached hydrogens (tertiary/aromatic N) is 3. The molecule has 16 heavy (non-hydrogen) atoms. The maximum Gasteiger partial charge on any atom is 0.152 e. The smallest absolute Gasteiger partial charge is 0.152 e. The first-order valence-electron chi connectivity index (χ1n) is 5.26. The third kappa shape index (κ3) is 2.09. The van der Waals surface area contributed by atoms with Gasteiger partial charge in [0.2, 0.25) is 0 Å². The fraction of sp³-hybridized carbons (Fsp3) is 0.364. The van der Waals surface area contributed by atoms with Gasteiger partial charge in [-0.3, -0.25) is 0 Å². The molecule has 0 saturated heterocycles. The molecule has 5 heteroatoms. The van der Waals surface area contributed by atoms with Crippen molar-refractivity contribution in [1.29, 1.82) is 0 Å². The Bertz CT molecular complexity index is 472. The van der Waals surface area contributed by atoms with Crippen molar-refractivity contribution in [3.8, 4) is 11.4 Å². The van der Waals surface area contributed by atoms with E-state index in [2.05, 4.69) is 26.2 Å². The van der Waals surface area contributed by atoms with Gasteiger partial charge in [0.25, 0.3) is 0 Å². The van der Waals surface area contributed by atoms with E-state index in [0.717, 1.165) is 22.6 Å². The highest BCUT2D eigenvalue weighted by atomic mass is 15.2. The summed E-state index contributed by atoms with van der Waals surface area (Å²) in [5.41, 5.74) is 9.44. The molecule has 2 heterocycles. The summed E-state index contributed by atoms with van der Waals surface area (Å²) in [5, 5.41) is 8.18. The van der Waals surface area contributed by atoms with Gasteiger partial charge in [-0.1, -0.05) is 0 Å². The van der Waals surface area contributed by atoms with Crippen molar-refractivity contribution in [2.75, 3.05) is 6.54 Å². The fourth-order valence-corrected chi connectivity index (χ4v) is 1.65. The highest BCUT2D eigenvalue weighted by Gasteiger charge is 2.07. The molecular weight excluding hydrogens is 202 g/mol.